The summed E-state index contributed by atoms with van der Waals surface area (Å²) < 4.78 is 4.64. The van der Waals surface area contributed by atoms with Crippen LogP contribution in [0.4, 0.5) is 0 Å². The largest absolute Gasteiger partial charge is 0.480 e. The van der Waals surface area contributed by atoms with Crippen LogP contribution >= 0.6 is 0 Å². The van der Waals surface area contributed by atoms with E-state index in [1.807, 2.05) is 13.8 Å². The number of carbonyl (C=O) groups is 2. The van der Waals surface area contributed by atoms with Crippen LogP contribution in [0.15, 0.2) is 4.52 Å². The summed E-state index contributed by atoms with van der Waals surface area (Å²) in [6.45, 7) is 5.30. The topological polar surface area (TPSA) is 105 Å². The normalized spacial score (nSPS) is 12.5. The second-order valence-electron chi connectivity index (χ2n) is 4.13. The lowest BCUT2D eigenvalue weighted by atomic mass is 10.0. The van der Waals surface area contributed by atoms with E-state index in [-0.39, 0.29) is 17.6 Å². The molecule has 7 nitrogen and oxygen atoms in total. The van der Waals surface area contributed by atoms with Crippen molar-refractivity contribution in [3.63, 3.8) is 0 Å². The van der Waals surface area contributed by atoms with Gasteiger partial charge in [-0.1, -0.05) is 19.0 Å². The zero-order valence-corrected chi connectivity index (χ0v) is 9.93. The van der Waals surface area contributed by atoms with Gasteiger partial charge in [-0.2, -0.15) is 4.98 Å². The van der Waals surface area contributed by atoms with Gasteiger partial charge in [0.05, 0.1) is 0 Å². The molecule has 7 heteroatoms. The van der Waals surface area contributed by atoms with E-state index in [1.165, 1.54) is 0 Å². The third kappa shape index (κ3) is 3.86. The number of nitrogens with zero attached hydrogens (tertiary/aromatic N) is 2. The lowest BCUT2D eigenvalue weighted by Gasteiger charge is -2.15. The third-order valence-electron chi connectivity index (χ3n) is 2.04. The number of nitrogens with one attached hydrogen (secondary N) is 1. The zero-order chi connectivity index (χ0) is 13.0. The fraction of sp³-hybridized carbons (Fsp3) is 0.600. The molecule has 1 rings (SSSR count). The van der Waals surface area contributed by atoms with Crippen LogP contribution in [0.5, 0.6) is 0 Å². The Balaban J connectivity index is 2.67. The molecule has 2 N–H and O–H groups in total. The Morgan fingerprint density at radius 1 is 1.47 bits per heavy atom. The summed E-state index contributed by atoms with van der Waals surface area (Å²) in [5.74, 6) is -1.46. The molecule has 0 aliphatic heterocycles. The minimum Gasteiger partial charge on any atom is -0.480 e. The summed E-state index contributed by atoms with van der Waals surface area (Å²) in [6.07, 6.45) is 0.345. The average Bonchev–Trinajstić information content (AvgIpc) is 2.63. The van der Waals surface area contributed by atoms with E-state index in [4.69, 9.17) is 5.11 Å². The van der Waals surface area contributed by atoms with Crippen molar-refractivity contribution in [3.8, 4) is 0 Å². The van der Waals surface area contributed by atoms with Gasteiger partial charge in [-0.3, -0.25) is 4.79 Å². The van der Waals surface area contributed by atoms with Gasteiger partial charge in [0, 0.05) is 6.92 Å². The van der Waals surface area contributed by atoms with Gasteiger partial charge >= 0.3 is 5.97 Å². The number of carboxylic acid groups (broad SMARTS) is 1. The van der Waals surface area contributed by atoms with Crippen molar-refractivity contribution in [2.45, 2.75) is 33.2 Å². The summed E-state index contributed by atoms with van der Waals surface area (Å²) in [5.41, 5.74) is 0. The van der Waals surface area contributed by atoms with E-state index >= 15 is 0 Å². The summed E-state index contributed by atoms with van der Waals surface area (Å²) >= 11 is 0. The molecule has 0 saturated heterocycles. The molecule has 0 bridgehead atoms. The van der Waals surface area contributed by atoms with Crippen LogP contribution in [-0.4, -0.2) is 33.2 Å². The van der Waals surface area contributed by atoms with Crippen LogP contribution in [0.25, 0.3) is 0 Å². The average molecular weight is 241 g/mol. The van der Waals surface area contributed by atoms with Crippen molar-refractivity contribution in [2.24, 2.45) is 5.92 Å². The number of amides is 1. The van der Waals surface area contributed by atoms with Crippen molar-refractivity contribution in [3.05, 3.63) is 11.7 Å². The summed E-state index contributed by atoms with van der Waals surface area (Å²) in [7, 11) is 0. The van der Waals surface area contributed by atoms with Gasteiger partial charge in [0.1, 0.15) is 6.04 Å². The van der Waals surface area contributed by atoms with E-state index in [9.17, 15) is 9.59 Å². The van der Waals surface area contributed by atoms with Crippen molar-refractivity contribution >= 4 is 11.9 Å². The Morgan fingerprint density at radius 3 is 2.53 bits per heavy atom. The predicted molar refractivity (Wildman–Crippen MR) is 57.4 cm³/mol. The number of aliphatic carboxylic acids is 1. The van der Waals surface area contributed by atoms with Crippen molar-refractivity contribution in [1.82, 2.24) is 15.5 Å². The molecule has 0 aliphatic carbocycles. The van der Waals surface area contributed by atoms with Gasteiger partial charge in [-0.25, -0.2) is 4.79 Å². The first-order chi connectivity index (χ1) is 7.90. The van der Waals surface area contributed by atoms with Crippen LogP contribution in [-0.2, 0) is 4.79 Å². The molecule has 94 valence electrons. The van der Waals surface area contributed by atoms with Crippen molar-refractivity contribution in [2.75, 3.05) is 0 Å². The molecule has 1 aromatic heterocycles. The van der Waals surface area contributed by atoms with Crippen molar-refractivity contribution < 1.29 is 19.2 Å². The van der Waals surface area contributed by atoms with Gasteiger partial charge in [-0.15, -0.1) is 0 Å². The molecule has 0 radical (unpaired) electrons. The highest BCUT2D eigenvalue weighted by Gasteiger charge is 2.23. The molecule has 17 heavy (non-hydrogen) atoms. The Hall–Kier alpha value is -1.92. The van der Waals surface area contributed by atoms with E-state index in [0.29, 0.717) is 6.42 Å². The molecule has 0 saturated carbocycles. The molecular weight excluding hydrogens is 226 g/mol. The lowest BCUT2D eigenvalue weighted by molar-refractivity contribution is -0.139. The SMILES string of the molecule is Cc1nc(C(=O)N[C@H](CC(C)C)C(=O)O)no1. The quantitative estimate of drug-likeness (QED) is 0.782. The molecule has 1 aromatic rings. The maximum atomic E-state index is 11.6. The highest BCUT2D eigenvalue weighted by Crippen LogP contribution is 2.06. The van der Waals surface area contributed by atoms with Crippen LogP contribution < -0.4 is 5.32 Å². The molecule has 1 amide bonds. The molecule has 0 fully saturated rings. The van der Waals surface area contributed by atoms with Crippen LogP contribution in [0.2, 0.25) is 0 Å². The second kappa shape index (κ2) is 5.42. The number of aryl methyl sites for hydroxylation is 1. The van der Waals surface area contributed by atoms with E-state index in [1.54, 1.807) is 6.92 Å². The number of hydrogen-bond acceptors (Lipinski definition) is 5. The summed E-state index contributed by atoms with van der Waals surface area (Å²) in [4.78, 5) is 26.2. The second-order valence-corrected chi connectivity index (χ2v) is 4.13. The Labute approximate surface area is 98.2 Å². The van der Waals surface area contributed by atoms with Gasteiger partial charge in [0.25, 0.3) is 11.7 Å². The minimum absolute atomic E-state index is 0.155. The first kappa shape index (κ1) is 13.1. The monoisotopic (exact) mass is 241 g/mol. The molecule has 1 atom stereocenters. The first-order valence-electron chi connectivity index (χ1n) is 5.24. The first-order valence-corrected chi connectivity index (χ1v) is 5.24. The van der Waals surface area contributed by atoms with Gasteiger partial charge in [-0.05, 0) is 12.3 Å². The maximum absolute atomic E-state index is 11.6. The fourth-order valence-corrected chi connectivity index (χ4v) is 1.31. The fourth-order valence-electron chi connectivity index (χ4n) is 1.31. The van der Waals surface area contributed by atoms with E-state index < -0.39 is 17.9 Å². The molecule has 0 unspecified atom stereocenters. The number of carbonyl (C=O) groups excluding carboxylic acids is 1. The highest BCUT2D eigenvalue weighted by molar-refractivity contribution is 5.93. The number of carboxylic acids is 1. The number of aromatic nitrogens is 2. The smallest absolute Gasteiger partial charge is 0.326 e. The number of hydrogen-bond donors (Lipinski definition) is 2. The van der Waals surface area contributed by atoms with Crippen LogP contribution in [0, 0.1) is 12.8 Å². The number of rotatable bonds is 5. The van der Waals surface area contributed by atoms with Gasteiger partial charge < -0.3 is 14.9 Å². The van der Waals surface area contributed by atoms with E-state index in [0.717, 1.165) is 0 Å². The Kier molecular flexibility index (Phi) is 4.19. The third-order valence-corrected chi connectivity index (χ3v) is 2.04. The van der Waals surface area contributed by atoms with Crippen molar-refractivity contribution in [1.29, 1.82) is 0 Å². The van der Waals surface area contributed by atoms with E-state index in [2.05, 4.69) is 20.0 Å². The van der Waals surface area contributed by atoms with Crippen LogP contribution in [0.3, 0.4) is 0 Å². The highest BCUT2D eigenvalue weighted by atomic mass is 16.5. The Morgan fingerprint density at radius 2 is 2.12 bits per heavy atom. The molecular formula is C10H15N3O4. The van der Waals surface area contributed by atoms with Gasteiger partial charge in [0.15, 0.2) is 0 Å². The molecule has 0 spiro atoms. The zero-order valence-electron chi connectivity index (χ0n) is 9.93. The van der Waals surface area contributed by atoms with Crippen LogP contribution in [0.1, 0.15) is 36.8 Å². The molecule has 1 heterocycles. The molecule has 0 aromatic carbocycles. The lowest BCUT2D eigenvalue weighted by Crippen LogP contribution is -2.42. The summed E-state index contributed by atoms with van der Waals surface area (Å²) in [6, 6.07) is -0.943. The predicted octanol–water partition coefficient (Wildman–Crippen LogP) is 0.607. The van der Waals surface area contributed by atoms with Gasteiger partial charge in [0.2, 0.25) is 5.89 Å². The standard InChI is InChI=1S/C10H15N3O4/c1-5(2)4-7(10(15)16)12-9(14)8-11-6(3)17-13-8/h5,7H,4H2,1-3H3,(H,12,14)(H,15,16)/t7-/m1/s1. The minimum atomic E-state index is -1.08. The molecule has 0 aliphatic rings. The Bertz CT molecular complexity index is 413. The summed E-state index contributed by atoms with van der Waals surface area (Å²) in [5, 5.41) is 14.7. The maximum Gasteiger partial charge on any atom is 0.326 e.